The molecule has 2 rings (SSSR count). The number of Topliss-reactive ketones (excluding diaryl/α,β-unsaturated/α-hetero) is 1. The molecule has 0 aliphatic carbocycles. The minimum absolute atomic E-state index is 0.123. The first kappa shape index (κ1) is 15.3. The van der Waals surface area contributed by atoms with Crippen molar-refractivity contribution in [3.8, 4) is 0 Å². The average molecular weight is 292 g/mol. The van der Waals surface area contributed by atoms with Gasteiger partial charge in [0.05, 0.1) is 5.92 Å². The fraction of sp³-hybridized carbons (Fsp3) is 0.235. The fourth-order valence-corrected chi connectivity index (χ4v) is 2.15. The second-order valence-electron chi connectivity index (χ2n) is 5.00. The van der Waals surface area contributed by atoms with Gasteiger partial charge in [0.15, 0.2) is 5.78 Å². The molecule has 0 bridgehead atoms. The highest BCUT2D eigenvalue weighted by molar-refractivity contribution is 5.96. The molecular weight excluding hydrogens is 277 g/mol. The summed E-state index contributed by atoms with van der Waals surface area (Å²) in [6.07, 6.45) is -5.02. The molecule has 4 heteroatoms. The van der Waals surface area contributed by atoms with Gasteiger partial charge in [-0.15, -0.1) is 0 Å². The van der Waals surface area contributed by atoms with Crippen molar-refractivity contribution >= 4 is 5.78 Å². The van der Waals surface area contributed by atoms with E-state index in [9.17, 15) is 18.0 Å². The molecule has 1 atom stereocenters. The van der Waals surface area contributed by atoms with Crippen molar-refractivity contribution in [1.82, 2.24) is 0 Å². The minimum atomic E-state index is -4.44. The van der Waals surface area contributed by atoms with Gasteiger partial charge in [-0.25, -0.2) is 0 Å². The molecule has 0 unspecified atom stereocenters. The normalized spacial score (nSPS) is 13.0. The number of benzene rings is 2. The van der Waals surface area contributed by atoms with Crippen molar-refractivity contribution in [2.45, 2.75) is 25.4 Å². The Balaban J connectivity index is 2.26. The summed E-state index contributed by atoms with van der Waals surface area (Å²) in [6.45, 7) is 1.81. The van der Waals surface area contributed by atoms with Gasteiger partial charge >= 0.3 is 6.18 Å². The zero-order valence-electron chi connectivity index (χ0n) is 11.5. The van der Waals surface area contributed by atoms with Crippen molar-refractivity contribution in [3.63, 3.8) is 0 Å². The molecule has 0 radical (unpaired) electrons. The van der Waals surface area contributed by atoms with Crippen molar-refractivity contribution in [3.05, 3.63) is 71.3 Å². The van der Waals surface area contributed by atoms with Gasteiger partial charge in [0.25, 0.3) is 0 Å². The number of ketones is 1. The molecular formula is C17H15F3O. The molecule has 0 aromatic heterocycles. The van der Waals surface area contributed by atoms with Crippen LogP contribution in [0.4, 0.5) is 13.2 Å². The molecule has 0 spiro atoms. The monoisotopic (exact) mass is 292 g/mol. The first-order chi connectivity index (χ1) is 9.88. The van der Waals surface area contributed by atoms with Crippen molar-refractivity contribution < 1.29 is 18.0 Å². The van der Waals surface area contributed by atoms with E-state index in [0.717, 1.165) is 5.56 Å². The van der Waals surface area contributed by atoms with E-state index in [4.69, 9.17) is 0 Å². The Kier molecular flexibility index (Phi) is 4.46. The Hall–Kier alpha value is -2.10. The summed E-state index contributed by atoms with van der Waals surface area (Å²) < 4.78 is 39.7. The van der Waals surface area contributed by atoms with Crippen LogP contribution in [-0.4, -0.2) is 12.0 Å². The lowest BCUT2D eigenvalue weighted by atomic mass is 9.90. The molecule has 0 heterocycles. The quantitative estimate of drug-likeness (QED) is 0.731. The first-order valence-electron chi connectivity index (χ1n) is 6.59. The van der Waals surface area contributed by atoms with Gasteiger partial charge in [0, 0.05) is 12.0 Å². The number of alkyl halides is 3. The summed E-state index contributed by atoms with van der Waals surface area (Å²) in [6, 6.07) is 14.2. The molecule has 0 fully saturated rings. The highest BCUT2D eigenvalue weighted by Crippen LogP contribution is 2.38. The third-order valence-electron chi connectivity index (χ3n) is 3.36. The molecule has 0 saturated heterocycles. The summed E-state index contributed by atoms with van der Waals surface area (Å²) in [5.74, 6) is -2.27. The SMILES string of the molecule is Cc1ccc([C@H](CC(=O)c2ccccc2)C(F)(F)F)cc1. The van der Waals surface area contributed by atoms with E-state index in [1.54, 1.807) is 30.3 Å². The minimum Gasteiger partial charge on any atom is -0.294 e. The van der Waals surface area contributed by atoms with Crippen LogP contribution >= 0.6 is 0 Å². The Morgan fingerprint density at radius 3 is 2.10 bits per heavy atom. The van der Waals surface area contributed by atoms with E-state index in [0.29, 0.717) is 5.56 Å². The van der Waals surface area contributed by atoms with E-state index >= 15 is 0 Å². The van der Waals surface area contributed by atoms with Crippen LogP contribution in [0.1, 0.15) is 33.8 Å². The van der Waals surface area contributed by atoms with E-state index in [1.165, 1.54) is 24.3 Å². The summed E-state index contributed by atoms with van der Waals surface area (Å²) in [4.78, 5) is 12.0. The molecule has 21 heavy (non-hydrogen) atoms. The zero-order chi connectivity index (χ0) is 15.5. The molecule has 0 N–H and O–H groups in total. The topological polar surface area (TPSA) is 17.1 Å². The van der Waals surface area contributed by atoms with E-state index in [1.807, 2.05) is 6.92 Å². The van der Waals surface area contributed by atoms with Gasteiger partial charge in [-0.2, -0.15) is 13.2 Å². The van der Waals surface area contributed by atoms with Crippen LogP contribution < -0.4 is 0 Å². The molecule has 110 valence electrons. The molecule has 2 aromatic rings. The van der Waals surface area contributed by atoms with Crippen LogP contribution in [0.3, 0.4) is 0 Å². The van der Waals surface area contributed by atoms with Crippen molar-refractivity contribution in [2.75, 3.05) is 0 Å². The van der Waals surface area contributed by atoms with Crippen LogP contribution in [0.2, 0.25) is 0 Å². The fourth-order valence-electron chi connectivity index (χ4n) is 2.15. The molecule has 1 nitrogen and oxygen atoms in total. The first-order valence-corrected chi connectivity index (χ1v) is 6.59. The standard InChI is InChI=1S/C17H15F3O/c1-12-7-9-13(10-8-12)15(17(18,19)20)11-16(21)14-5-3-2-4-6-14/h2-10,15H,11H2,1H3/t15-/m0/s1. The van der Waals surface area contributed by atoms with Crippen LogP contribution in [0.5, 0.6) is 0 Å². The number of halogens is 3. The summed E-state index contributed by atoms with van der Waals surface area (Å²) in [5.41, 5.74) is 1.31. The smallest absolute Gasteiger partial charge is 0.294 e. The maximum Gasteiger partial charge on any atom is 0.396 e. The van der Waals surface area contributed by atoms with Crippen LogP contribution in [0.25, 0.3) is 0 Å². The van der Waals surface area contributed by atoms with Crippen LogP contribution in [0.15, 0.2) is 54.6 Å². The van der Waals surface area contributed by atoms with Gasteiger partial charge in [-0.05, 0) is 12.5 Å². The number of carbonyl (C=O) groups excluding carboxylic acids is 1. The lowest BCUT2D eigenvalue weighted by Gasteiger charge is -2.20. The highest BCUT2D eigenvalue weighted by Gasteiger charge is 2.41. The summed E-state index contributed by atoms with van der Waals surface area (Å²) in [5, 5.41) is 0. The lowest BCUT2D eigenvalue weighted by molar-refractivity contribution is -0.149. The van der Waals surface area contributed by atoms with E-state index in [-0.39, 0.29) is 5.56 Å². The lowest BCUT2D eigenvalue weighted by Crippen LogP contribution is -2.23. The Morgan fingerprint density at radius 2 is 1.57 bits per heavy atom. The van der Waals surface area contributed by atoms with Gasteiger partial charge in [-0.3, -0.25) is 4.79 Å². The van der Waals surface area contributed by atoms with Gasteiger partial charge in [-0.1, -0.05) is 60.2 Å². The predicted molar refractivity (Wildman–Crippen MR) is 75.4 cm³/mol. The van der Waals surface area contributed by atoms with Crippen molar-refractivity contribution in [1.29, 1.82) is 0 Å². The predicted octanol–water partition coefficient (Wildman–Crippen LogP) is 4.91. The third-order valence-corrected chi connectivity index (χ3v) is 3.36. The molecule has 0 aliphatic rings. The number of rotatable bonds is 4. The highest BCUT2D eigenvalue weighted by atomic mass is 19.4. The summed E-state index contributed by atoms with van der Waals surface area (Å²) in [7, 11) is 0. The Bertz CT molecular complexity index is 600. The summed E-state index contributed by atoms with van der Waals surface area (Å²) >= 11 is 0. The Labute approximate surface area is 121 Å². The molecule has 0 aliphatic heterocycles. The largest absolute Gasteiger partial charge is 0.396 e. The van der Waals surface area contributed by atoms with Gasteiger partial charge in [0.1, 0.15) is 0 Å². The number of aryl methyl sites for hydroxylation is 1. The molecule has 0 saturated carbocycles. The van der Waals surface area contributed by atoms with E-state index < -0.39 is 24.3 Å². The Morgan fingerprint density at radius 1 is 1.00 bits per heavy atom. The van der Waals surface area contributed by atoms with E-state index in [2.05, 4.69) is 0 Å². The second-order valence-corrected chi connectivity index (χ2v) is 5.00. The second kappa shape index (κ2) is 6.12. The third kappa shape index (κ3) is 3.94. The maximum atomic E-state index is 13.2. The molecule has 0 amide bonds. The maximum absolute atomic E-state index is 13.2. The van der Waals surface area contributed by atoms with Gasteiger partial charge < -0.3 is 0 Å². The number of hydrogen-bond donors (Lipinski definition) is 0. The zero-order valence-corrected chi connectivity index (χ0v) is 11.5. The number of carbonyl (C=O) groups is 1. The van der Waals surface area contributed by atoms with Crippen LogP contribution in [-0.2, 0) is 0 Å². The average Bonchev–Trinajstić information content (AvgIpc) is 2.45. The van der Waals surface area contributed by atoms with Crippen molar-refractivity contribution in [2.24, 2.45) is 0 Å². The number of hydrogen-bond acceptors (Lipinski definition) is 1. The van der Waals surface area contributed by atoms with Crippen LogP contribution in [0, 0.1) is 6.92 Å². The molecule has 2 aromatic carbocycles. The van der Waals surface area contributed by atoms with Gasteiger partial charge in [0.2, 0.25) is 0 Å².